The topological polar surface area (TPSA) is 70.7 Å². The van der Waals surface area contributed by atoms with Gasteiger partial charge in [-0.05, 0) is 50.3 Å². The average molecular weight is 330 g/mol. The Hall–Kier alpha value is -1.82. The van der Waals surface area contributed by atoms with E-state index >= 15 is 0 Å². The molecule has 5 nitrogen and oxygen atoms in total. The molecule has 1 amide bonds. The number of rotatable bonds is 5. The van der Waals surface area contributed by atoms with Gasteiger partial charge in [0.1, 0.15) is 0 Å². The van der Waals surface area contributed by atoms with Gasteiger partial charge in [-0.2, -0.15) is 5.10 Å². The van der Waals surface area contributed by atoms with Gasteiger partial charge in [0.2, 0.25) is 5.91 Å². The number of aromatic amines is 1. The van der Waals surface area contributed by atoms with Crippen LogP contribution in [0, 0.1) is 0 Å². The summed E-state index contributed by atoms with van der Waals surface area (Å²) in [5.74, 6) is 0.0195. The Balaban J connectivity index is 1.56. The summed E-state index contributed by atoms with van der Waals surface area (Å²) in [4.78, 5) is 16.5. The fraction of sp³-hybridized carbons (Fsp3) is 0.471. The molecule has 2 N–H and O–H groups in total. The van der Waals surface area contributed by atoms with Crippen molar-refractivity contribution in [1.82, 2.24) is 20.5 Å². The number of carbonyl (C=O) groups is 1. The molecule has 122 valence electrons. The van der Waals surface area contributed by atoms with Crippen molar-refractivity contribution in [3.8, 4) is 0 Å². The second-order valence-electron chi connectivity index (χ2n) is 5.83. The normalized spacial score (nSPS) is 15.5. The number of fused-ring (bicyclic) bond motifs is 1. The number of nitrogens with one attached hydrogen (secondary N) is 2. The zero-order valence-corrected chi connectivity index (χ0v) is 14.2. The number of H-pyrrole nitrogens is 1. The second kappa shape index (κ2) is 7.64. The Kier molecular flexibility index (Phi) is 5.33. The van der Waals surface area contributed by atoms with E-state index in [0.717, 1.165) is 23.6 Å². The smallest absolute Gasteiger partial charge is 0.233 e. The van der Waals surface area contributed by atoms with E-state index in [9.17, 15) is 4.79 Å². The molecule has 2 aromatic heterocycles. The molecule has 3 rings (SSSR count). The van der Waals surface area contributed by atoms with E-state index in [1.807, 2.05) is 25.1 Å². The third-order valence-electron chi connectivity index (χ3n) is 4.13. The van der Waals surface area contributed by atoms with Crippen LogP contribution in [0.1, 0.15) is 43.1 Å². The van der Waals surface area contributed by atoms with Crippen molar-refractivity contribution in [2.75, 3.05) is 0 Å². The van der Waals surface area contributed by atoms with Crippen LogP contribution in [-0.4, -0.2) is 26.3 Å². The summed E-state index contributed by atoms with van der Waals surface area (Å²) >= 11 is 1.47. The molecule has 0 aliphatic heterocycles. The van der Waals surface area contributed by atoms with Gasteiger partial charge < -0.3 is 5.32 Å². The minimum absolute atomic E-state index is 0.0195. The Bertz CT molecular complexity index is 656. The highest BCUT2D eigenvalue weighted by Crippen LogP contribution is 2.22. The molecular weight excluding hydrogens is 308 g/mol. The van der Waals surface area contributed by atoms with E-state index in [4.69, 9.17) is 0 Å². The number of nitrogens with zero attached hydrogens (tertiary/aromatic N) is 2. The van der Waals surface area contributed by atoms with Crippen LogP contribution >= 0.6 is 11.8 Å². The first-order chi connectivity index (χ1) is 11.2. The molecule has 0 radical (unpaired) electrons. The fourth-order valence-corrected chi connectivity index (χ4v) is 3.67. The van der Waals surface area contributed by atoms with E-state index in [1.54, 1.807) is 6.20 Å². The van der Waals surface area contributed by atoms with Crippen molar-refractivity contribution in [3.63, 3.8) is 0 Å². The van der Waals surface area contributed by atoms with Gasteiger partial charge in [-0.1, -0.05) is 24.2 Å². The molecule has 0 bridgehead atoms. The van der Waals surface area contributed by atoms with Gasteiger partial charge in [0.25, 0.3) is 0 Å². The number of hydrogen-bond acceptors (Lipinski definition) is 4. The molecule has 0 saturated heterocycles. The van der Waals surface area contributed by atoms with E-state index in [1.165, 1.54) is 42.3 Å². The van der Waals surface area contributed by atoms with E-state index in [-0.39, 0.29) is 11.2 Å². The molecule has 0 spiro atoms. The standard InChI is InChI=1S/C17H22N4OS/c1-12(23-16-9-5-6-10-18-16)17(22)19-11-15-13-7-3-2-4-8-14(13)20-21-15/h5-6,9-10,12H,2-4,7-8,11H2,1H3,(H,19,22)(H,20,21). The Morgan fingerprint density at radius 1 is 1.35 bits per heavy atom. The summed E-state index contributed by atoms with van der Waals surface area (Å²) in [6.07, 6.45) is 7.58. The number of hydrogen-bond donors (Lipinski definition) is 2. The molecule has 1 aliphatic carbocycles. The summed E-state index contributed by atoms with van der Waals surface area (Å²) < 4.78 is 0. The first-order valence-electron chi connectivity index (χ1n) is 8.14. The molecule has 1 aliphatic rings. The Morgan fingerprint density at radius 3 is 3.04 bits per heavy atom. The number of aryl methyl sites for hydroxylation is 1. The van der Waals surface area contributed by atoms with Crippen LogP contribution in [0.15, 0.2) is 29.4 Å². The highest BCUT2D eigenvalue weighted by molar-refractivity contribution is 8.00. The third-order valence-corrected chi connectivity index (χ3v) is 5.18. The van der Waals surface area contributed by atoms with Crippen molar-refractivity contribution >= 4 is 17.7 Å². The predicted molar refractivity (Wildman–Crippen MR) is 91.2 cm³/mol. The van der Waals surface area contributed by atoms with Gasteiger partial charge in [-0.25, -0.2) is 4.98 Å². The van der Waals surface area contributed by atoms with Gasteiger partial charge in [0, 0.05) is 11.9 Å². The average Bonchev–Trinajstić information content (AvgIpc) is 2.80. The lowest BCUT2D eigenvalue weighted by molar-refractivity contribution is -0.120. The summed E-state index contributed by atoms with van der Waals surface area (Å²) in [6.45, 7) is 2.40. The molecule has 0 aromatic carbocycles. The number of amides is 1. The number of aromatic nitrogens is 3. The lowest BCUT2D eigenvalue weighted by Gasteiger charge is -2.11. The van der Waals surface area contributed by atoms with Gasteiger partial charge in [-0.15, -0.1) is 0 Å². The second-order valence-corrected chi connectivity index (χ2v) is 7.20. The van der Waals surface area contributed by atoms with E-state index in [2.05, 4.69) is 20.5 Å². The van der Waals surface area contributed by atoms with Crippen LogP contribution in [0.25, 0.3) is 0 Å². The monoisotopic (exact) mass is 330 g/mol. The molecule has 6 heteroatoms. The Labute approximate surface area is 140 Å². The zero-order valence-electron chi connectivity index (χ0n) is 13.3. The first kappa shape index (κ1) is 16.1. The quantitative estimate of drug-likeness (QED) is 0.653. The van der Waals surface area contributed by atoms with Crippen LogP contribution in [0.2, 0.25) is 0 Å². The van der Waals surface area contributed by atoms with Crippen molar-refractivity contribution in [2.24, 2.45) is 0 Å². The zero-order chi connectivity index (χ0) is 16.1. The van der Waals surface area contributed by atoms with Crippen LogP contribution in [-0.2, 0) is 24.2 Å². The third kappa shape index (κ3) is 4.13. The Morgan fingerprint density at radius 2 is 2.22 bits per heavy atom. The maximum Gasteiger partial charge on any atom is 0.233 e. The van der Waals surface area contributed by atoms with Gasteiger partial charge >= 0.3 is 0 Å². The fourth-order valence-electron chi connectivity index (χ4n) is 2.84. The number of carbonyl (C=O) groups excluding carboxylic acids is 1. The molecule has 23 heavy (non-hydrogen) atoms. The summed E-state index contributed by atoms with van der Waals surface area (Å²) in [7, 11) is 0. The molecular formula is C17H22N4OS. The largest absolute Gasteiger partial charge is 0.349 e. The summed E-state index contributed by atoms with van der Waals surface area (Å²) in [6, 6.07) is 5.72. The summed E-state index contributed by atoms with van der Waals surface area (Å²) in [5.41, 5.74) is 3.56. The lowest BCUT2D eigenvalue weighted by atomic mass is 10.1. The van der Waals surface area contributed by atoms with Crippen LogP contribution in [0.4, 0.5) is 0 Å². The van der Waals surface area contributed by atoms with Crippen LogP contribution in [0.3, 0.4) is 0 Å². The van der Waals surface area contributed by atoms with Crippen molar-refractivity contribution in [3.05, 3.63) is 41.3 Å². The predicted octanol–water partition coefficient (Wildman–Crippen LogP) is 2.87. The lowest BCUT2D eigenvalue weighted by Crippen LogP contribution is -2.30. The van der Waals surface area contributed by atoms with Crippen molar-refractivity contribution < 1.29 is 4.79 Å². The van der Waals surface area contributed by atoms with Crippen LogP contribution < -0.4 is 5.32 Å². The molecule has 0 saturated carbocycles. The minimum Gasteiger partial charge on any atom is -0.349 e. The van der Waals surface area contributed by atoms with E-state index in [0.29, 0.717) is 6.54 Å². The highest BCUT2D eigenvalue weighted by atomic mass is 32.2. The number of thioether (sulfide) groups is 1. The van der Waals surface area contributed by atoms with Gasteiger partial charge in [0.05, 0.1) is 22.5 Å². The molecule has 1 unspecified atom stereocenters. The molecule has 1 atom stereocenters. The first-order valence-corrected chi connectivity index (χ1v) is 9.02. The van der Waals surface area contributed by atoms with Crippen molar-refractivity contribution in [2.45, 2.75) is 55.8 Å². The van der Waals surface area contributed by atoms with Crippen LogP contribution in [0.5, 0.6) is 0 Å². The molecule has 2 aromatic rings. The summed E-state index contributed by atoms with van der Waals surface area (Å²) in [5, 5.41) is 11.2. The SMILES string of the molecule is CC(Sc1ccccn1)C(=O)NCc1n[nH]c2c1CCCCC2. The maximum atomic E-state index is 12.3. The molecule has 0 fully saturated rings. The maximum absolute atomic E-state index is 12.3. The number of pyridine rings is 1. The molecule has 2 heterocycles. The minimum atomic E-state index is -0.178. The highest BCUT2D eigenvalue weighted by Gasteiger charge is 2.18. The van der Waals surface area contributed by atoms with E-state index < -0.39 is 0 Å². The van der Waals surface area contributed by atoms with Gasteiger partial charge in [-0.3, -0.25) is 9.89 Å². The van der Waals surface area contributed by atoms with Crippen molar-refractivity contribution in [1.29, 1.82) is 0 Å². The van der Waals surface area contributed by atoms with Gasteiger partial charge in [0.15, 0.2) is 0 Å².